The van der Waals surface area contributed by atoms with E-state index >= 15 is 0 Å². The number of aromatic nitrogens is 2. The van der Waals surface area contributed by atoms with Gasteiger partial charge in [-0.25, -0.2) is 9.97 Å². The number of para-hydroxylation sites is 1. The third kappa shape index (κ3) is 6.91. The third-order valence-corrected chi connectivity index (χ3v) is 6.29. The minimum absolute atomic E-state index is 0.0894. The van der Waals surface area contributed by atoms with Crippen LogP contribution in [-0.2, 0) is 12.6 Å². The number of benzene rings is 2. The van der Waals surface area contributed by atoms with Gasteiger partial charge in [0, 0.05) is 11.9 Å². The molecule has 0 fully saturated rings. The molecule has 0 aliphatic rings. The van der Waals surface area contributed by atoms with Crippen molar-refractivity contribution in [2.75, 3.05) is 24.3 Å². The number of rotatable bonds is 10. The summed E-state index contributed by atoms with van der Waals surface area (Å²) >= 11 is 0.862. The summed E-state index contributed by atoms with van der Waals surface area (Å²) in [5.74, 6) is 1.86. The van der Waals surface area contributed by atoms with Crippen LogP contribution in [0, 0.1) is 0 Å². The molecule has 0 spiro atoms. The van der Waals surface area contributed by atoms with Crippen molar-refractivity contribution < 1.29 is 22.6 Å². The van der Waals surface area contributed by atoms with Crippen LogP contribution in [0.3, 0.4) is 0 Å². The van der Waals surface area contributed by atoms with E-state index < -0.39 is 11.9 Å². The summed E-state index contributed by atoms with van der Waals surface area (Å²) in [6.45, 7) is 4.73. The molecule has 0 aliphatic carbocycles. The predicted molar refractivity (Wildman–Crippen MR) is 140 cm³/mol. The molecular weight excluding hydrogens is 501 g/mol. The maximum atomic E-state index is 13.1. The third-order valence-electron chi connectivity index (χ3n) is 5.54. The average Bonchev–Trinajstić information content (AvgIpc) is 3.35. The van der Waals surface area contributed by atoms with Crippen molar-refractivity contribution in [3.8, 4) is 17.4 Å². The summed E-state index contributed by atoms with van der Waals surface area (Å²) in [6, 6.07) is 17.2. The molecule has 2 N–H and O–H groups in total. The normalized spacial score (nSPS) is 11.4. The van der Waals surface area contributed by atoms with Crippen LogP contribution in [0.25, 0.3) is 0 Å². The number of methoxy groups -OCH3 is 1. The summed E-state index contributed by atoms with van der Waals surface area (Å²) in [6.07, 6.45) is -2.13. The molecular formula is C27H27F3N4O2S. The Morgan fingerprint density at radius 1 is 1.05 bits per heavy atom. The zero-order chi connectivity index (χ0) is 26.4. The van der Waals surface area contributed by atoms with E-state index in [4.69, 9.17) is 9.47 Å². The van der Waals surface area contributed by atoms with Gasteiger partial charge in [-0.15, -0.1) is 11.3 Å². The number of alkyl halides is 3. The topological polar surface area (TPSA) is 68.3 Å². The summed E-state index contributed by atoms with van der Waals surface area (Å²) < 4.78 is 50.6. The number of ether oxygens (including phenoxy) is 2. The van der Waals surface area contributed by atoms with E-state index in [1.807, 2.05) is 48.5 Å². The van der Waals surface area contributed by atoms with Gasteiger partial charge in [0.2, 0.25) is 5.88 Å². The second-order valence-electron chi connectivity index (χ2n) is 8.56. The van der Waals surface area contributed by atoms with E-state index in [-0.39, 0.29) is 16.9 Å². The van der Waals surface area contributed by atoms with E-state index in [0.717, 1.165) is 40.0 Å². The molecule has 0 amide bonds. The Labute approximate surface area is 217 Å². The summed E-state index contributed by atoms with van der Waals surface area (Å²) in [5, 5.41) is 7.34. The van der Waals surface area contributed by atoms with Crippen LogP contribution in [0.5, 0.6) is 17.4 Å². The van der Waals surface area contributed by atoms with Crippen molar-refractivity contribution >= 4 is 27.8 Å². The van der Waals surface area contributed by atoms with Gasteiger partial charge in [-0.1, -0.05) is 44.2 Å². The Hall–Kier alpha value is -3.79. The zero-order valence-electron chi connectivity index (χ0n) is 20.6. The van der Waals surface area contributed by atoms with Crippen LogP contribution in [0.2, 0.25) is 0 Å². The molecule has 0 bridgehead atoms. The summed E-state index contributed by atoms with van der Waals surface area (Å²) in [5.41, 5.74) is 2.26. The molecule has 0 saturated carbocycles. The van der Waals surface area contributed by atoms with Crippen molar-refractivity contribution in [1.82, 2.24) is 9.97 Å². The lowest BCUT2D eigenvalue weighted by molar-refractivity contribution is -0.140. The molecule has 37 heavy (non-hydrogen) atoms. The summed E-state index contributed by atoms with van der Waals surface area (Å²) in [7, 11) is 1.62. The van der Waals surface area contributed by atoms with E-state index in [2.05, 4.69) is 34.4 Å². The lowest BCUT2D eigenvalue weighted by Gasteiger charge is -2.16. The van der Waals surface area contributed by atoms with Crippen LogP contribution in [-0.4, -0.2) is 23.6 Å². The highest BCUT2D eigenvalue weighted by molar-refractivity contribution is 7.13. The number of thiazole rings is 1. The first-order valence-electron chi connectivity index (χ1n) is 11.7. The largest absolute Gasteiger partial charge is 0.497 e. The van der Waals surface area contributed by atoms with Crippen LogP contribution in [0.1, 0.15) is 36.6 Å². The monoisotopic (exact) mass is 528 g/mol. The molecule has 6 nitrogen and oxygen atoms in total. The fraction of sp³-hybridized carbons (Fsp3) is 0.259. The number of hydrogen-bond acceptors (Lipinski definition) is 7. The molecule has 0 atom stereocenters. The maximum Gasteiger partial charge on any atom is 0.434 e. The predicted octanol–water partition coefficient (Wildman–Crippen LogP) is 7.88. The fourth-order valence-electron chi connectivity index (χ4n) is 3.59. The molecule has 2 aromatic heterocycles. The van der Waals surface area contributed by atoms with Crippen LogP contribution in [0.4, 0.5) is 29.7 Å². The van der Waals surface area contributed by atoms with E-state index in [1.54, 1.807) is 19.4 Å². The number of nitrogens with one attached hydrogen (secondary N) is 2. The molecule has 0 aliphatic heterocycles. The number of anilines is 3. The molecule has 2 heterocycles. The van der Waals surface area contributed by atoms with Crippen LogP contribution < -0.4 is 20.1 Å². The summed E-state index contributed by atoms with van der Waals surface area (Å²) in [4.78, 5) is 8.15. The first kappa shape index (κ1) is 26.3. The van der Waals surface area contributed by atoms with Gasteiger partial charge in [0.25, 0.3) is 0 Å². The van der Waals surface area contributed by atoms with Crippen LogP contribution in [0.15, 0.2) is 66.2 Å². The highest BCUT2D eigenvalue weighted by Gasteiger charge is 2.33. The minimum Gasteiger partial charge on any atom is -0.497 e. The fourth-order valence-corrected chi connectivity index (χ4v) is 4.32. The second-order valence-corrected chi connectivity index (χ2v) is 9.41. The van der Waals surface area contributed by atoms with E-state index in [9.17, 15) is 13.2 Å². The molecule has 0 unspecified atom stereocenters. The van der Waals surface area contributed by atoms with Crippen molar-refractivity contribution in [3.05, 3.63) is 83.0 Å². The first-order valence-corrected chi connectivity index (χ1v) is 12.5. The molecule has 194 valence electrons. The van der Waals surface area contributed by atoms with Gasteiger partial charge in [-0.3, -0.25) is 0 Å². The van der Waals surface area contributed by atoms with Crippen molar-refractivity contribution in [3.63, 3.8) is 0 Å². The molecule has 4 aromatic rings. The Kier molecular flexibility index (Phi) is 8.17. The average molecular weight is 529 g/mol. The number of pyridine rings is 1. The van der Waals surface area contributed by atoms with Gasteiger partial charge in [-0.2, -0.15) is 13.2 Å². The number of hydrogen-bond donors (Lipinski definition) is 2. The Morgan fingerprint density at radius 2 is 1.81 bits per heavy atom. The van der Waals surface area contributed by atoms with Gasteiger partial charge in [-0.05, 0) is 47.7 Å². The van der Waals surface area contributed by atoms with Crippen molar-refractivity contribution in [1.29, 1.82) is 0 Å². The molecule has 2 aromatic carbocycles. The van der Waals surface area contributed by atoms with E-state index in [1.165, 1.54) is 0 Å². The number of halogens is 3. The van der Waals surface area contributed by atoms with Gasteiger partial charge >= 0.3 is 6.18 Å². The van der Waals surface area contributed by atoms with Gasteiger partial charge in [0.1, 0.15) is 17.2 Å². The Bertz CT molecular complexity index is 1320. The maximum absolute atomic E-state index is 13.1. The Morgan fingerprint density at radius 3 is 2.49 bits per heavy atom. The lowest BCUT2D eigenvalue weighted by Crippen LogP contribution is -2.07. The van der Waals surface area contributed by atoms with Crippen molar-refractivity contribution in [2.45, 2.75) is 32.4 Å². The van der Waals surface area contributed by atoms with Crippen molar-refractivity contribution in [2.24, 2.45) is 0 Å². The molecule has 0 radical (unpaired) electrons. The van der Waals surface area contributed by atoms with Gasteiger partial charge in [0.05, 0.1) is 19.0 Å². The highest BCUT2D eigenvalue weighted by atomic mass is 32.1. The molecule has 0 saturated heterocycles. The molecule has 4 rings (SSSR count). The lowest BCUT2D eigenvalue weighted by atomic mass is 10.0. The second kappa shape index (κ2) is 11.5. The minimum atomic E-state index is -4.52. The quantitative estimate of drug-likeness (QED) is 0.218. The Balaban J connectivity index is 1.56. The van der Waals surface area contributed by atoms with Crippen LogP contribution >= 0.6 is 11.3 Å². The van der Waals surface area contributed by atoms with Gasteiger partial charge in [0.15, 0.2) is 10.8 Å². The van der Waals surface area contributed by atoms with Gasteiger partial charge < -0.3 is 20.1 Å². The SMILES string of the molecule is COc1ccc(CCNc2cnc(Oc3ccccc3C(C)C)c(Nc3nc(C(F)(F)F)cs3)c2)cc1. The van der Waals surface area contributed by atoms with E-state index in [0.29, 0.717) is 23.7 Å². The zero-order valence-corrected chi connectivity index (χ0v) is 21.4. The number of nitrogens with zero attached hydrogens (tertiary/aromatic N) is 2. The first-order chi connectivity index (χ1) is 17.7. The highest BCUT2D eigenvalue weighted by Crippen LogP contribution is 2.37. The standard InChI is InChI=1S/C27H27F3N4O2S/c1-17(2)21-6-4-5-7-23(21)36-25-22(33-26-34-24(16-37-26)27(28,29)30)14-19(15-32-25)31-13-12-18-8-10-20(35-3)11-9-18/h4-11,14-17,31H,12-13H2,1-3H3,(H,33,34). The molecule has 10 heteroatoms. The smallest absolute Gasteiger partial charge is 0.434 e.